The van der Waals surface area contributed by atoms with Crippen LogP contribution >= 0.6 is 34.5 Å². The molecule has 0 radical (unpaired) electrons. The fraction of sp³-hybridized carbons (Fsp3) is 0.200. The van der Waals surface area contributed by atoms with Gasteiger partial charge < -0.3 is 14.5 Å². The molecule has 1 aliphatic heterocycles. The molecule has 1 saturated heterocycles. The zero-order chi connectivity index (χ0) is 23.7. The summed E-state index contributed by atoms with van der Waals surface area (Å²) >= 11 is 14.0. The van der Waals surface area contributed by atoms with E-state index < -0.39 is 0 Å². The third-order valence-electron chi connectivity index (χ3n) is 5.85. The number of carbonyl (C=O) groups is 1. The Kier molecular flexibility index (Phi) is 6.50. The zero-order valence-corrected chi connectivity index (χ0v) is 20.8. The fourth-order valence-electron chi connectivity index (χ4n) is 4.01. The molecule has 3 heterocycles. The summed E-state index contributed by atoms with van der Waals surface area (Å²) < 4.78 is 6.91. The highest BCUT2D eigenvalue weighted by molar-refractivity contribution is 7.13. The molecule has 0 saturated carbocycles. The first-order valence-corrected chi connectivity index (χ1v) is 12.4. The SMILES string of the molecule is COc1ccc(N2CCN(C(=O)c3cc(-c4cccs4)nn3-c3ccc(Cl)c(Cl)c3)CC2)cc1. The molecule has 1 fully saturated rings. The summed E-state index contributed by atoms with van der Waals surface area (Å²) in [6, 6.07) is 19.1. The standard InChI is InChI=1S/C25H22Cl2N4O2S/c1-33-19-7-4-17(5-8-19)29-10-12-30(13-11-29)25(32)23-16-22(24-3-2-14-34-24)28-31(23)18-6-9-20(26)21(27)15-18/h2-9,14-16H,10-13H2,1H3. The van der Waals surface area contributed by atoms with Gasteiger partial charge in [-0.1, -0.05) is 29.3 Å². The summed E-state index contributed by atoms with van der Waals surface area (Å²) in [5.74, 6) is 0.769. The van der Waals surface area contributed by atoms with Gasteiger partial charge >= 0.3 is 0 Å². The van der Waals surface area contributed by atoms with Crippen LogP contribution in [-0.2, 0) is 0 Å². The molecule has 4 aromatic rings. The van der Waals surface area contributed by atoms with E-state index in [1.807, 2.05) is 58.8 Å². The highest BCUT2D eigenvalue weighted by Gasteiger charge is 2.27. The monoisotopic (exact) mass is 512 g/mol. The van der Waals surface area contributed by atoms with Crippen LogP contribution in [-0.4, -0.2) is 53.9 Å². The number of ether oxygens (including phenoxy) is 1. The lowest BCUT2D eigenvalue weighted by molar-refractivity contribution is 0.0737. The number of aromatic nitrogens is 2. The zero-order valence-electron chi connectivity index (χ0n) is 18.4. The molecule has 6 nitrogen and oxygen atoms in total. The third kappa shape index (κ3) is 4.51. The number of anilines is 1. The number of benzene rings is 2. The Morgan fingerprint density at radius 2 is 1.68 bits per heavy atom. The van der Waals surface area contributed by atoms with Gasteiger partial charge in [-0.25, -0.2) is 4.68 Å². The number of halogens is 2. The largest absolute Gasteiger partial charge is 0.497 e. The van der Waals surface area contributed by atoms with Gasteiger partial charge in [0.15, 0.2) is 0 Å². The van der Waals surface area contributed by atoms with Gasteiger partial charge in [-0.3, -0.25) is 4.79 Å². The van der Waals surface area contributed by atoms with Gasteiger partial charge in [0.05, 0.1) is 27.7 Å². The van der Waals surface area contributed by atoms with Crippen molar-refractivity contribution in [1.82, 2.24) is 14.7 Å². The van der Waals surface area contributed by atoms with Crippen LogP contribution < -0.4 is 9.64 Å². The molecule has 2 aromatic heterocycles. The second kappa shape index (κ2) is 9.70. The Bertz CT molecular complexity index is 1300. The Morgan fingerprint density at radius 1 is 0.941 bits per heavy atom. The van der Waals surface area contributed by atoms with E-state index >= 15 is 0 Å². The summed E-state index contributed by atoms with van der Waals surface area (Å²) in [7, 11) is 1.66. The van der Waals surface area contributed by atoms with Crippen LogP contribution in [0, 0.1) is 0 Å². The molecule has 2 aromatic carbocycles. The normalized spacial score (nSPS) is 13.9. The first-order chi connectivity index (χ1) is 16.5. The van der Waals surface area contributed by atoms with E-state index in [0.717, 1.165) is 35.1 Å². The summed E-state index contributed by atoms with van der Waals surface area (Å²) in [6.45, 7) is 2.73. The quantitative estimate of drug-likeness (QED) is 0.335. The van der Waals surface area contributed by atoms with Gasteiger partial charge in [0.1, 0.15) is 17.1 Å². The molecule has 34 heavy (non-hydrogen) atoms. The molecule has 0 aliphatic carbocycles. The van der Waals surface area contributed by atoms with Crippen molar-refractivity contribution >= 4 is 46.1 Å². The topological polar surface area (TPSA) is 50.6 Å². The van der Waals surface area contributed by atoms with E-state index in [0.29, 0.717) is 34.5 Å². The minimum Gasteiger partial charge on any atom is -0.497 e. The van der Waals surface area contributed by atoms with Crippen LogP contribution in [0.1, 0.15) is 10.5 Å². The number of amides is 1. The number of nitrogens with zero attached hydrogens (tertiary/aromatic N) is 4. The number of thiophene rings is 1. The lowest BCUT2D eigenvalue weighted by Crippen LogP contribution is -2.49. The maximum absolute atomic E-state index is 13.6. The number of hydrogen-bond donors (Lipinski definition) is 0. The third-order valence-corrected chi connectivity index (χ3v) is 7.49. The first-order valence-electron chi connectivity index (χ1n) is 10.8. The fourth-order valence-corrected chi connectivity index (χ4v) is 4.99. The van der Waals surface area contributed by atoms with Crippen molar-refractivity contribution in [2.45, 2.75) is 0 Å². The highest BCUT2D eigenvalue weighted by atomic mass is 35.5. The Labute approximate surface area is 211 Å². The lowest BCUT2D eigenvalue weighted by atomic mass is 10.2. The van der Waals surface area contributed by atoms with Crippen molar-refractivity contribution in [3.05, 3.63) is 81.8 Å². The lowest BCUT2D eigenvalue weighted by Gasteiger charge is -2.36. The smallest absolute Gasteiger partial charge is 0.272 e. The molecule has 1 aliphatic rings. The van der Waals surface area contributed by atoms with Crippen LogP contribution in [0.2, 0.25) is 10.0 Å². The van der Waals surface area contributed by atoms with Crippen molar-refractivity contribution in [2.24, 2.45) is 0 Å². The van der Waals surface area contributed by atoms with Crippen molar-refractivity contribution in [2.75, 3.05) is 38.2 Å². The number of rotatable bonds is 5. The summed E-state index contributed by atoms with van der Waals surface area (Å²) in [5.41, 5.74) is 3.06. The maximum atomic E-state index is 13.6. The Morgan fingerprint density at radius 3 is 2.32 bits per heavy atom. The maximum Gasteiger partial charge on any atom is 0.272 e. The van der Waals surface area contributed by atoms with E-state index in [2.05, 4.69) is 4.90 Å². The number of methoxy groups -OCH3 is 1. The predicted octanol–water partition coefficient (Wildman–Crippen LogP) is 5.88. The average molecular weight is 513 g/mol. The van der Waals surface area contributed by atoms with Crippen molar-refractivity contribution < 1.29 is 9.53 Å². The van der Waals surface area contributed by atoms with Gasteiger partial charge in [-0.15, -0.1) is 11.3 Å². The molecular weight excluding hydrogens is 491 g/mol. The van der Waals surface area contributed by atoms with E-state index in [4.69, 9.17) is 33.0 Å². The Hall–Kier alpha value is -3.00. The Balaban J connectivity index is 1.40. The van der Waals surface area contributed by atoms with Gasteiger partial charge in [0, 0.05) is 31.9 Å². The molecule has 1 amide bonds. The van der Waals surface area contributed by atoms with Crippen molar-refractivity contribution in [3.8, 4) is 22.0 Å². The minimum atomic E-state index is -0.0595. The van der Waals surface area contributed by atoms with Crippen LogP contribution in [0.3, 0.4) is 0 Å². The number of hydrogen-bond acceptors (Lipinski definition) is 5. The molecule has 0 N–H and O–H groups in total. The van der Waals surface area contributed by atoms with E-state index in [-0.39, 0.29) is 5.91 Å². The molecule has 174 valence electrons. The van der Waals surface area contributed by atoms with E-state index in [1.54, 1.807) is 35.3 Å². The van der Waals surface area contributed by atoms with Crippen LogP contribution in [0.15, 0.2) is 66.0 Å². The molecule has 0 spiro atoms. The molecule has 0 atom stereocenters. The second-order valence-corrected chi connectivity index (χ2v) is 9.64. The van der Waals surface area contributed by atoms with Crippen LogP contribution in [0.25, 0.3) is 16.3 Å². The van der Waals surface area contributed by atoms with Gasteiger partial charge in [0.25, 0.3) is 5.91 Å². The number of carbonyl (C=O) groups excluding carboxylic acids is 1. The van der Waals surface area contributed by atoms with Gasteiger partial charge in [0.2, 0.25) is 0 Å². The average Bonchev–Trinajstić information content (AvgIpc) is 3.56. The second-order valence-electron chi connectivity index (χ2n) is 7.88. The van der Waals surface area contributed by atoms with E-state index in [1.165, 1.54) is 0 Å². The molecule has 0 bridgehead atoms. The molecule has 0 unspecified atom stereocenters. The molecular formula is C25H22Cl2N4O2S. The summed E-state index contributed by atoms with van der Waals surface area (Å²) in [6.07, 6.45) is 0. The molecule has 9 heteroatoms. The van der Waals surface area contributed by atoms with Gasteiger partial charge in [-0.05, 0) is 60.0 Å². The van der Waals surface area contributed by atoms with Crippen molar-refractivity contribution in [1.29, 1.82) is 0 Å². The van der Waals surface area contributed by atoms with Crippen molar-refractivity contribution in [3.63, 3.8) is 0 Å². The van der Waals surface area contributed by atoms with E-state index in [9.17, 15) is 4.79 Å². The minimum absolute atomic E-state index is 0.0595. The van der Waals surface area contributed by atoms with Crippen LogP contribution in [0.5, 0.6) is 5.75 Å². The summed E-state index contributed by atoms with van der Waals surface area (Å²) in [5, 5.41) is 7.61. The van der Waals surface area contributed by atoms with Crippen LogP contribution in [0.4, 0.5) is 5.69 Å². The number of piperazine rings is 1. The highest BCUT2D eigenvalue weighted by Crippen LogP contribution is 2.29. The summed E-state index contributed by atoms with van der Waals surface area (Å²) in [4.78, 5) is 18.8. The predicted molar refractivity (Wildman–Crippen MR) is 138 cm³/mol. The van der Waals surface area contributed by atoms with Gasteiger partial charge in [-0.2, -0.15) is 5.10 Å². The molecule has 5 rings (SSSR count). The first kappa shape index (κ1) is 22.8.